The molecule has 140 valence electrons. The van der Waals surface area contributed by atoms with Crippen LogP contribution in [-0.2, 0) is 9.53 Å². The van der Waals surface area contributed by atoms with E-state index in [2.05, 4.69) is 11.4 Å². The van der Waals surface area contributed by atoms with Gasteiger partial charge in [-0.05, 0) is 45.1 Å². The Hall–Kier alpha value is -2.41. The molecule has 7 nitrogen and oxygen atoms in total. The summed E-state index contributed by atoms with van der Waals surface area (Å²) in [4.78, 5) is 34.4. The number of hydrogen-bond donors (Lipinski definition) is 1. The number of non-ortho nitro benzene ring substituents is 1. The first-order chi connectivity index (χ1) is 12.4. The van der Waals surface area contributed by atoms with Gasteiger partial charge in [-0.15, -0.1) is 0 Å². The van der Waals surface area contributed by atoms with Crippen molar-refractivity contribution in [1.82, 2.24) is 5.32 Å². The fourth-order valence-corrected chi connectivity index (χ4v) is 2.88. The minimum Gasteiger partial charge on any atom is -0.449 e. The summed E-state index contributed by atoms with van der Waals surface area (Å²) in [5.74, 6) is -1.30. The lowest BCUT2D eigenvalue weighted by atomic mass is 9.97. The minimum atomic E-state index is -1.03. The summed E-state index contributed by atoms with van der Waals surface area (Å²) in [6, 6.07) is 3.47. The number of nitrogens with one attached hydrogen (secondary N) is 1. The number of amides is 1. The van der Waals surface area contributed by atoms with E-state index in [1.807, 2.05) is 0 Å². The first-order valence-corrected chi connectivity index (χ1v) is 8.87. The lowest BCUT2D eigenvalue weighted by Crippen LogP contribution is -2.36. The van der Waals surface area contributed by atoms with E-state index in [0.717, 1.165) is 25.3 Å². The Labute approximate surface area is 156 Å². The molecule has 26 heavy (non-hydrogen) atoms. The van der Waals surface area contributed by atoms with Gasteiger partial charge in [0.15, 0.2) is 6.10 Å². The molecule has 0 bridgehead atoms. The predicted octanol–water partition coefficient (Wildman–Crippen LogP) is 3.80. The number of carbonyl (C=O) groups excluding carboxylic acids is 2. The number of nitro groups is 1. The first-order valence-electron chi connectivity index (χ1n) is 8.49. The summed E-state index contributed by atoms with van der Waals surface area (Å²) in [5.41, 5.74) is 0.914. The number of benzene rings is 1. The van der Waals surface area contributed by atoms with Gasteiger partial charge in [-0.1, -0.05) is 23.3 Å². The van der Waals surface area contributed by atoms with Crippen molar-refractivity contribution < 1.29 is 19.2 Å². The third-order valence-corrected chi connectivity index (χ3v) is 4.49. The van der Waals surface area contributed by atoms with Crippen molar-refractivity contribution in [3.63, 3.8) is 0 Å². The molecule has 2 rings (SSSR count). The number of nitrogens with zero attached hydrogens (tertiary/aromatic N) is 1. The fourth-order valence-electron chi connectivity index (χ4n) is 2.68. The van der Waals surface area contributed by atoms with Gasteiger partial charge in [0, 0.05) is 18.7 Å². The molecule has 8 heteroatoms. The molecule has 1 amide bonds. The molecule has 0 saturated carbocycles. The van der Waals surface area contributed by atoms with Crippen LogP contribution in [-0.4, -0.2) is 29.4 Å². The maximum absolute atomic E-state index is 12.2. The molecule has 0 unspecified atom stereocenters. The van der Waals surface area contributed by atoms with Crippen molar-refractivity contribution in [2.75, 3.05) is 6.54 Å². The van der Waals surface area contributed by atoms with E-state index in [1.165, 1.54) is 37.5 Å². The van der Waals surface area contributed by atoms with Crippen molar-refractivity contribution in [3.05, 3.63) is 50.5 Å². The third-order valence-electron chi connectivity index (χ3n) is 4.16. The lowest BCUT2D eigenvalue weighted by molar-refractivity contribution is -0.384. The van der Waals surface area contributed by atoms with Crippen LogP contribution in [0, 0.1) is 10.1 Å². The molecular formula is C18H21ClN2O5. The van der Waals surface area contributed by atoms with E-state index >= 15 is 0 Å². The van der Waals surface area contributed by atoms with Crippen molar-refractivity contribution >= 4 is 29.2 Å². The molecule has 0 aromatic heterocycles. The van der Waals surface area contributed by atoms with E-state index in [4.69, 9.17) is 16.3 Å². The maximum atomic E-state index is 12.2. The maximum Gasteiger partial charge on any atom is 0.340 e. The van der Waals surface area contributed by atoms with Gasteiger partial charge in [0.2, 0.25) is 0 Å². The summed E-state index contributed by atoms with van der Waals surface area (Å²) in [6.45, 7) is 1.92. The molecule has 0 spiro atoms. The Morgan fingerprint density at radius 1 is 1.38 bits per heavy atom. The Kier molecular flexibility index (Phi) is 7.15. The van der Waals surface area contributed by atoms with Crippen LogP contribution < -0.4 is 5.32 Å². The average Bonchev–Trinajstić information content (AvgIpc) is 2.62. The van der Waals surface area contributed by atoms with Crippen LogP contribution in [0.4, 0.5) is 5.69 Å². The highest BCUT2D eigenvalue weighted by molar-refractivity contribution is 6.33. The van der Waals surface area contributed by atoms with Crippen molar-refractivity contribution in [2.24, 2.45) is 0 Å². The number of carbonyl (C=O) groups is 2. The molecule has 0 aliphatic heterocycles. The summed E-state index contributed by atoms with van der Waals surface area (Å²) in [6.07, 6.45) is 6.50. The smallest absolute Gasteiger partial charge is 0.340 e. The molecule has 1 N–H and O–H groups in total. The van der Waals surface area contributed by atoms with Gasteiger partial charge in [-0.25, -0.2) is 4.79 Å². The minimum absolute atomic E-state index is 0.0254. The Balaban J connectivity index is 1.87. The van der Waals surface area contributed by atoms with Crippen LogP contribution in [0.5, 0.6) is 0 Å². The van der Waals surface area contributed by atoms with Gasteiger partial charge < -0.3 is 10.1 Å². The van der Waals surface area contributed by atoms with Gasteiger partial charge in [0.05, 0.1) is 15.5 Å². The van der Waals surface area contributed by atoms with Crippen LogP contribution in [0.1, 0.15) is 49.4 Å². The largest absolute Gasteiger partial charge is 0.449 e. The summed E-state index contributed by atoms with van der Waals surface area (Å²) in [7, 11) is 0. The molecule has 1 aromatic rings. The molecule has 0 fully saturated rings. The highest BCUT2D eigenvalue weighted by atomic mass is 35.5. The molecule has 1 aromatic carbocycles. The van der Waals surface area contributed by atoms with Crippen LogP contribution >= 0.6 is 11.6 Å². The standard InChI is InChI=1S/C18H21ClN2O5/c1-12(17(22)20-10-9-13-5-3-2-4-6-13)26-18(23)15-11-14(21(24)25)7-8-16(15)19/h5,7-8,11-12H,2-4,6,9-10H2,1H3,(H,20,22)/t12-/m1/s1. The molecule has 1 aliphatic carbocycles. The van der Waals surface area contributed by atoms with Gasteiger partial charge in [-0.3, -0.25) is 14.9 Å². The van der Waals surface area contributed by atoms with Gasteiger partial charge in [0.25, 0.3) is 11.6 Å². The second kappa shape index (κ2) is 9.33. The van der Waals surface area contributed by atoms with Crippen molar-refractivity contribution in [3.8, 4) is 0 Å². The SMILES string of the molecule is C[C@@H](OC(=O)c1cc([N+](=O)[O-])ccc1Cl)C(=O)NCCC1=CCCCC1. The first kappa shape index (κ1) is 19.9. The van der Waals surface area contributed by atoms with Gasteiger partial charge in [-0.2, -0.15) is 0 Å². The highest BCUT2D eigenvalue weighted by Gasteiger charge is 2.22. The van der Waals surface area contributed by atoms with Crippen LogP contribution in [0.3, 0.4) is 0 Å². The van der Waals surface area contributed by atoms with Crippen LogP contribution in [0.15, 0.2) is 29.8 Å². The number of hydrogen-bond acceptors (Lipinski definition) is 5. The second-order valence-electron chi connectivity index (χ2n) is 6.12. The van der Waals surface area contributed by atoms with E-state index in [0.29, 0.717) is 6.54 Å². The number of ether oxygens (including phenoxy) is 1. The quantitative estimate of drug-likeness (QED) is 0.335. The lowest BCUT2D eigenvalue weighted by Gasteiger charge is -2.16. The monoisotopic (exact) mass is 380 g/mol. The molecule has 0 heterocycles. The highest BCUT2D eigenvalue weighted by Crippen LogP contribution is 2.23. The van der Waals surface area contributed by atoms with Crippen LogP contribution in [0.2, 0.25) is 5.02 Å². The molecule has 0 saturated heterocycles. The van der Waals surface area contributed by atoms with E-state index in [9.17, 15) is 19.7 Å². The number of esters is 1. The van der Waals surface area contributed by atoms with Crippen LogP contribution in [0.25, 0.3) is 0 Å². The number of rotatable bonds is 7. The van der Waals surface area contributed by atoms with Crippen molar-refractivity contribution in [1.29, 1.82) is 0 Å². The van der Waals surface area contributed by atoms with Gasteiger partial charge in [0.1, 0.15) is 0 Å². The normalized spacial score (nSPS) is 14.9. The van der Waals surface area contributed by atoms with Crippen molar-refractivity contribution in [2.45, 2.75) is 45.1 Å². The number of halogens is 1. The van der Waals surface area contributed by atoms with E-state index in [-0.39, 0.29) is 16.3 Å². The van der Waals surface area contributed by atoms with Gasteiger partial charge >= 0.3 is 5.97 Å². The second-order valence-corrected chi connectivity index (χ2v) is 6.53. The van der Waals surface area contributed by atoms with E-state index in [1.54, 1.807) is 0 Å². The Morgan fingerprint density at radius 2 is 2.15 bits per heavy atom. The average molecular weight is 381 g/mol. The Morgan fingerprint density at radius 3 is 2.81 bits per heavy atom. The predicted molar refractivity (Wildman–Crippen MR) is 97.2 cm³/mol. The molecule has 1 atom stereocenters. The zero-order valence-electron chi connectivity index (χ0n) is 14.5. The zero-order chi connectivity index (χ0) is 19.1. The number of allylic oxidation sites excluding steroid dienone is 1. The summed E-state index contributed by atoms with van der Waals surface area (Å²) >= 11 is 5.90. The topological polar surface area (TPSA) is 98.5 Å². The zero-order valence-corrected chi connectivity index (χ0v) is 15.3. The summed E-state index contributed by atoms with van der Waals surface area (Å²) < 4.78 is 5.08. The summed E-state index contributed by atoms with van der Waals surface area (Å²) in [5, 5.41) is 13.6. The van der Waals surface area contributed by atoms with E-state index < -0.39 is 22.9 Å². The molecule has 0 radical (unpaired) electrons. The molecular weight excluding hydrogens is 360 g/mol. The Bertz CT molecular complexity index is 732. The third kappa shape index (κ3) is 5.56. The number of nitro benzene ring substituents is 1. The molecule has 1 aliphatic rings. The fraction of sp³-hybridized carbons (Fsp3) is 0.444.